The summed E-state index contributed by atoms with van der Waals surface area (Å²) in [4.78, 5) is 4.43. The smallest absolute Gasteiger partial charge is 0.132 e. The average molecular weight is 239 g/mol. The maximum atomic E-state index is 4.43. The van der Waals surface area contributed by atoms with Crippen LogP contribution < -0.4 is 0 Å². The van der Waals surface area contributed by atoms with Crippen LogP contribution in [0.15, 0.2) is 22.9 Å². The number of pyridine rings is 1. The molecular formula is C10H11BrN2. The first kappa shape index (κ1) is 8.75. The molecule has 0 aromatic carbocycles. The molecule has 2 aromatic rings. The van der Waals surface area contributed by atoms with E-state index < -0.39 is 0 Å². The second-order valence-corrected chi connectivity index (χ2v) is 3.88. The molecule has 0 amide bonds. The van der Waals surface area contributed by atoms with Crippen molar-refractivity contribution in [2.75, 3.05) is 0 Å². The van der Waals surface area contributed by atoms with Crippen LogP contribution >= 0.6 is 15.9 Å². The Kier molecular flexibility index (Phi) is 2.12. The number of hydrogen-bond acceptors (Lipinski definition) is 1. The normalized spacial score (nSPS) is 11.0. The highest BCUT2D eigenvalue weighted by Gasteiger charge is 2.06. The summed E-state index contributed by atoms with van der Waals surface area (Å²) in [5, 5.41) is 0. The molecule has 2 aromatic heterocycles. The topological polar surface area (TPSA) is 17.3 Å². The van der Waals surface area contributed by atoms with Crippen LogP contribution in [0.1, 0.15) is 18.3 Å². The molecule has 0 fully saturated rings. The summed E-state index contributed by atoms with van der Waals surface area (Å²) in [6.07, 6.45) is 3.02. The van der Waals surface area contributed by atoms with Crippen LogP contribution in [0.4, 0.5) is 0 Å². The first-order valence-corrected chi connectivity index (χ1v) is 5.14. The number of hydrogen-bond donors (Lipinski definition) is 0. The van der Waals surface area contributed by atoms with Gasteiger partial charge < -0.3 is 4.40 Å². The van der Waals surface area contributed by atoms with Crippen LogP contribution in [-0.2, 0) is 6.42 Å². The predicted octanol–water partition coefficient (Wildman–Crippen LogP) is 2.97. The molecule has 0 N–H and O–H groups in total. The number of imidazole rings is 1. The number of aromatic nitrogens is 2. The standard InChI is InChI=1S/C10H11BrN2/c1-3-9-12-10(11)8-6-7(2)4-5-13(8)9/h4-6H,3H2,1-2H3. The fourth-order valence-electron chi connectivity index (χ4n) is 1.46. The van der Waals surface area contributed by atoms with Crippen LogP contribution in [0.3, 0.4) is 0 Å². The summed E-state index contributed by atoms with van der Waals surface area (Å²) in [6.45, 7) is 4.20. The highest BCUT2D eigenvalue weighted by Crippen LogP contribution is 2.19. The summed E-state index contributed by atoms with van der Waals surface area (Å²) in [7, 11) is 0. The minimum absolute atomic E-state index is 0.938. The third-order valence-electron chi connectivity index (χ3n) is 2.14. The van der Waals surface area contributed by atoms with Crippen molar-refractivity contribution in [1.82, 2.24) is 9.38 Å². The molecule has 0 saturated carbocycles. The Morgan fingerprint density at radius 3 is 3.00 bits per heavy atom. The van der Waals surface area contributed by atoms with Gasteiger partial charge in [0.1, 0.15) is 10.4 Å². The van der Waals surface area contributed by atoms with Crippen LogP contribution in [-0.4, -0.2) is 9.38 Å². The van der Waals surface area contributed by atoms with E-state index in [9.17, 15) is 0 Å². The lowest BCUT2D eigenvalue weighted by atomic mass is 10.3. The van der Waals surface area contributed by atoms with Gasteiger partial charge in [0.05, 0.1) is 5.52 Å². The second-order valence-electron chi connectivity index (χ2n) is 3.13. The van der Waals surface area contributed by atoms with E-state index in [1.54, 1.807) is 0 Å². The molecule has 3 heteroatoms. The number of fused-ring (bicyclic) bond motifs is 1. The van der Waals surface area contributed by atoms with Gasteiger partial charge in [-0.1, -0.05) is 6.92 Å². The largest absolute Gasteiger partial charge is 0.303 e. The molecule has 0 spiro atoms. The predicted molar refractivity (Wildman–Crippen MR) is 57.0 cm³/mol. The van der Waals surface area contributed by atoms with Gasteiger partial charge in [-0.2, -0.15) is 0 Å². The van der Waals surface area contributed by atoms with Gasteiger partial charge in [-0.15, -0.1) is 0 Å². The van der Waals surface area contributed by atoms with Crippen molar-refractivity contribution in [3.8, 4) is 0 Å². The Morgan fingerprint density at radius 1 is 1.54 bits per heavy atom. The van der Waals surface area contributed by atoms with E-state index in [2.05, 4.69) is 57.5 Å². The van der Waals surface area contributed by atoms with Gasteiger partial charge in [-0.05, 0) is 40.5 Å². The minimum atomic E-state index is 0.938. The Morgan fingerprint density at radius 2 is 2.31 bits per heavy atom. The van der Waals surface area contributed by atoms with E-state index in [-0.39, 0.29) is 0 Å². The lowest BCUT2D eigenvalue weighted by molar-refractivity contribution is 0.930. The molecule has 0 atom stereocenters. The highest BCUT2D eigenvalue weighted by atomic mass is 79.9. The van der Waals surface area contributed by atoms with Gasteiger partial charge >= 0.3 is 0 Å². The molecule has 68 valence electrons. The zero-order valence-corrected chi connectivity index (χ0v) is 9.30. The summed E-state index contributed by atoms with van der Waals surface area (Å²) >= 11 is 3.46. The summed E-state index contributed by atoms with van der Waals surface area (Å²) in [6, 6.07) is 4.23. The molecule has 0 aliphatic carbocycles. The molecule has 0 aliphatic rings. The van der Waals surface area contributed by atoms with Crippen molar-refractivity contribution in [3.05, 3.63) is 34.3 Å². The first-order chi connectivity index (χ1) is 6.22. The second kappa shape index (κ2) is 3.14. The molecule has 2 rings (SSSR count). The van der Waals surface area contributed by atoms with Crippen molar-refractivity contribution in [1.29, 1.82) is 0 Å². The monoisotopic (exact) mass is 238 g/mol. The van der Waals surface area contributed by atoms with Crippen LogP contribution in [0.25, 0.3) is 5.52 Å². The van der Waals surface area contributed by atoms with E-state index in [4.69, 9.17) is 0 Å². The highest BCUT2D eigenvalue weighted by molar-refractivity contribution is 9.10. The van der Waals surface area contributed by atoms with E-state index in [0.717, 1.165) is 22.4 Å². The number of rotatable bonds is 1. The van der Waals surface area contributed by atoms with Crippen molar-refractivity contribution < 1.29 is 0 Å². The van der Waals surface area contributed by atoms with Crippen LogP contribution in [0, 0.1) is 6.92 Å². The van der Waals surface area contributed by atoms with E-state index in [0.29, 0.717) is 0 Å². The summed E-state index contributed by atoms with van der Waals surface area (Å²) < 4.78 is 3.06. The first-order valence-electron chi connectivity index (χ1n) is 4.35. The van der Waals surface area contributed by atoms with Crippen LogP contribution in [0.5, 0.6) is 0 Å². The lowest BCUT2D eigenvalue weighted by Crippen LogP contribution is -1.91. The maximum Gasteiger partial charge on any atom is 0.132 e. The minimum Gasteiger partial charge on any atom is -0.303 e. The Labute approximate surface area is 85.7 Å². The van der Waals surface area contributed by atoms with E-state index in [1.165, 1.54) is 5.56 Å². The SMILES string of the molecule is CCc1nc(Br)c2cc(C)ccn12. The lowest BCUT2D eigenvalue weighted by Gasteiger charge is -1.98. The third kappa shape index (κ3) is 1.37. The van der Waals surface area contributed by atoms with Crippen molar-refractivity contribution in [2.45, 2.75) is 20.3 Å². The van der Waals surface area contributed by atoms with Crippen molar-refractivity contribution in [2.24, 2.45) is 0 Å². The molecular weight excluding hydrogens is 228 g/mol. The molecule has 2 nitrogen and oxygen atoms in total. The zero-order chi connectivity index (χ0) is 9.42. The van der Waals surface area contributed by atoms with Gasteiger partial charge in [-0.25, -0.2) is 4.98 Å². The van der Waals surface area contributed by atoms with E-state index in [1.807, 2.05) is 0 Å². The molecule has 0 unspecified atom stereocenters. The zero-order valence-electron chi connectivity index (χ0n) is 7.71. The van der Waals surface area contributed by atoms with Gasteiger partial charge in [0.2, 0.25) is 0 Å². The van der Waals surface area contributed by atoms with Crippen molar-refractivity contribution in [3.63, 3.8) is 0 Å². The fourth-order valence-corrected chi connectivity index (χ4v) is 1.97. The molecule has 13 heavy (non-hydrogen) atoms. The van der Waals surface area contributed by atoms with Gasteiger partial charge in [0, 0.05) is 12.6 Å². The van der Waals surface area contributed by atoms with Crippen LogP contribution in [0.2, 0.25) is 0 Å². The van der Waals surface area contributed by atoms with Gasteiger partial charge in [-0.3, -0.25) is 0 Å². The number of halogens is 1. The molecule has 2 heterocycles. The summed E-state index contributed by atoms with van der Waals surface area (Å²) in [5.74, 6) is 1.10. The van der Waals surface area contributed by atoms with Gasteiger partial charge in [0.25, 0.3) is 0 Å². The fraction of sp³-hybridized carbons (Fsp3) is 0.300. The van der Waals surface area contributed by atoms with E-state index >= 15 is 0 Å². The molecule has 0 radical (unpaired) electrons. The quantitative estimate of drug-likeness (QED) is 0.747. The average Bonchev–Trinajstić information content (AvgIpc) is 2.43. The Bertz CT molecular complexity index is 445. The summed E-state index contributed by atoms with van der Waals surface area (Å²) in [5.41, 5.74) is 2.41. The third-order valence-corrected chi connectivity index (χ3v) is 2.73. The van der Waals surface area contributed by atoms with Gasteiger partial charge in [0.15, 0.2) is 0 Å². The Balaban J connectivity index is 2.80. The number of nitrogens with zero attached hydrogens (tertiary/aromatic N) is 2. The molecule has 0 aliphatic heterocycles. The molecule has 0 bridgehead atoms. The maximum absolute atomic E-state index is 4.43. The Hall–Kier alpha value is -0.830. The number of aryl methyl sites for hydroxylation is 2. The molecule has 0 saturated heterocycles. The van der Waals surface area contributed by atoms with Crippen molar-refractivity contribution >= 4 is 21.4 Å².